The zero-order valence-electron chi connectivity index (χ0n) is 6.96. The Bertz CT molecular complexity index is 201. The van der Waals surface area contributed by atoms with Gasteiger partial charge in [-0.2, -0.15) is 0 Å². The van der Waals surface area contributed by atoms with Gasteiger partial charge < -0.3 is 5.32 Å². The SMILES string of the molecule is BrCCNCCc1ccncc1. The van der Waals surface area contributed by atoms with Gasteiger partial charge in [-0.25, -0.2) is 0 Å². The molecule has 0 aliphatic rings. The predicted molar refractivity (Wildman–Crippen MR) is 54.6 cm³/mol. The summed E-state index contributed by atoms with van der Waals surface area (Å²) < 4.78 is 0. The van der Waals surface area contributed by atoms with Gasteiger partial charge in [0.25, 0.3) is 0 Å². The van der Waals surface area contributed by atoms with Crippen molar-refractivity contribution in [1.82, 2.24) is 10.3 Å². The number of alkyl halides is 1. The Hall–Kier alpha value is -0.410. The predicted octanol–water partition coefficient (Wildman–Crippen LogP) is 1.61. The summed E-state index contributed by atoms with van der Waals surface area (Å²) in [5.41, 5.74) is 1.34. The van der Waals surface area contributed by atoms with E-state index >= 15 is 0 Å². The third-order valence-electron chi connectivity index (χ3n) is 1.61. The van der Waals surface area contributed by atoms with Crippen molar-refractivity contribution in [1.29, 1.82) is 0 Å². The maximum Gasteiger partial charge on any atom is 0.0270 e. The lowest BCUT2D eigenvalue weighted by atomic mass is 10.2. The summed E-state index contributed by atoms with van der Waals surface area (Å²) in [6.07, 6.45) is 4.75. The molecule has 0 unspecified atom stereocenters. The normalized spacial score (nSPS) is 10.1. The van der Waals surface area contributed by atoms with Crippen molar-refractivity contribution in [2.75, 3.05) is 18.4 Å². The van der Waals surface area contributed by atoms with Gasteiger partial charge in [0, 0.05) is 24.3 Å². The van der Waals surface area contributed by atoms with Crippen molar-refractivity contribution in [3.05, 3.63) is 30.1 Å². The fraction of sp³-hybridized carbons (Fsp3) is 0.444. The number of aromatic nitrogens is 1. The highest BCUT2D eigenvalue weighted by atomic mass is 79.9. The maximum absolute atomic E-state index is 3.96. The second-order valence-corrected chi connectivity index (χ2v) is 3.34. The van der Waals surface area contributed by atoms with E-state index in [-0.39, 0.29) is 0 Å². The minimum atomic E-state index is 1.02. The van der Waals surface area contributed by atoms with Gasteiger partial charge in [-0.15, -0.1) is 0 Å². The van der Waals surface area contributed by atoms with E-state index in [4.69, 9.17) is 0 Å². The number of nitrogens with one attached hydrogen (secondary N) is 1. The van der Waals surface area contributed by atoms with Crippen LogP contribution in [0.3, 0.4) is 0 Å². The molecule has 2 nitrogen and oxygen atoms in total. The van der Waals surface area contributed by atoms with Crippen LogP contribution < -0.4 is 5.32 Å². The molecule has 0 aliphatic carbocycles. The number of halogens is 1. The number of rotatable bonds is 5. The lowest BCUT2D eigenvalue weighted by molar-refractivity contribution is 0.722. The number of hydrogen-bond acceptors (Lipinski definition) is 2. The van der Waals surface area contributed by atoms with Crippen LogP contribution in [-0.4, -0.2) is 23.4 Å². The van der Waals surface area contributed by atoms with E-state index in [0.717, 1.165) is 24.8 Å². The minimum Gasteiger partial charge on any atom is -0.316 e. The first-order valence-corrected chi connectivity index (χ1v) is 5.21. The zero-order chi connectivity index (χ0) is 8.65. The Morgan fingerprint density at radius 2 is 2.00 bits per heavy atom. The molecule has 0 bridgehead atoms. The average molecular weight is 229 g/mol. The van der Waals surface area contributed by atoms with Crippen molar-refractivity contribution in [2.45, 2.75) is 6.42 Å². The van der Waals surface area contributed by atoms with Gasteiger partial charge in [-0.1, -0.05) is 15.9 Å². The van der Waals surface area contributed by atoms with Crippen LogP contribution in [0.25, 0.3) is 0 Å². The summed E-state index contributed by atoms with van der Waals surface area (Å²) in [7, 11) is 0. The van der Waals surface area contributed by atoms with Crippen molar-refractivity contribution < 1.29 is 0 Å². The van der Waals surface area contributed by atoms with Crippen LogP contribution in [0.5, 0.6) is 0 Å². The van der Waals surface area contributed by atoms with Gasteiger partial charge in [0.2, 0.25) is 0 Å². The lowest BCUT2D eigenvalue weighted by Crippen LogP contribution is -2.19. The molecule has 0 saturated carbocycles. The van der Waals surface area contributed by atoms with Gasteiger partial charge in [-0.05, 0) is 30.7 Å². The molecule has 1 rings (SSSR count). The fourth-order valence-electron chi connectivity index (χ4n) is 0.974. The lowest BCUT2D eigenvalue weighted by Gasteiger charge is -2.01. The molecule has 3 heteroatoms. The topological polar surface area (TPSA) is 24.9 Å². The molecule has 0 amide bonds. The molecule has 0 aromatic carbocycles. The summed E-state index contributed by atoms with van der Waals surface area (Å²) in [4.78, 5) is 3.96. The van der Waals surface area contributed by atoms with Crippen LogP contribution in [0.1, 0.15) is 5.56 Å². The molecule has 0 atom stereocenters. The highest BCUT2D eigenvalue weighted by Crippen LogP contribution is 1.95. The van der Waals surface area contributed by atoms with Gasteiger partial charge >= 0.3 is 0 Å². The Labute approximate surface area is 81.5 Å². The quantitative estimate of drug-likeness (QED) is 0.612. The molecule has 1 heterocycles. The standard InChI is InChI=1S/C9H13BrN2/c10-4-8-12-7-3-9-1-5-11-6-2-9/h1-2,5-6,12H,3-4,7-8H2. The van der Waals surface area contributed by atoms with Crippen molar-refractivity contribution in [3.63, 3.8) is 0 Å². The third kappa shape index (κ3) is 3.83. The first kappa shape index (κ1) is 9.68. The smallest absolute Gasteiger partial charge is 0.0270 e. The molecular formula is C9H13BrN2. The van der Waals surface area contributed by atoms with Crippen LogP contribution in [0, 0.1) is 0 Å². The average Bonchev–Trinajstić information content (AvgIpc) is 2.14. The number of hydrogen-bond donors (Lipinski definition) is 1. The van der Waals surface area contributed by atoms with Gasteiger partial charge in [0.1, 0.15) is 0 Å². The Morgan fingerprint density at radius 1 is 1.25 bits per heavy atom. The highest BCUT2D eigenvalue weighted by Gasteiger charge is 1.90. The molecule has 12 heavy (non-hydrogen) atoms. The van der Waals surface area contributed by atoms with Gasteiger partial charge in [-0.3, -0.25) is 4.98 Å². The van der Waals surface area contributed by atoms with Crippen molar-refractivity contribution in [2.24, 2.45) is 0 Å². The van der Waals surface area contributed by atoms with Gasteiger partial charge in [0.05, 0.1) is 0 Å². The fourth-order valence-corrected chi connectivity index (χ4v) is 1.25. The molecular weight excluding hydrogens is 216 g/mol. The minimum absolute atomic E-state index is 1.02. The summed E-state index contributed by atoms with van der Waals surface area (Å²) in [6, 6.07) is 4.10. The number of nitrogens with zero attached hydrogens (tertiary/aromatic N) is 1. The molecule has 66 valence electrons. The number of pyridine rings is 1. The monoisotopic (exact) mass is 228 g/mol. The van der Waals surface area contributed by atoms with Crippen molar-refractivity contribution in [3.8, 4) is 0 Å². The second kappa shape index (κ2) is 6.14. The molecule has 0 fully saturated rings. The van der Waals surface area contributed by atoms with Crippen LogP contribution in [0.2, 0.25) is 0 Å². The van der Waals surface area contributed by atoms with E-state index in [1.165, 1.54) is 5.56 Å². The second-order valence-electron chi connectivity index (χ2n) is 2.54. The first-order valence-electron chi connectivity index (χ1n) is 4.09. The molecule has 0 spiro atoms. The Balaban J connectivity index is 2.16. The highest BCUT2D eigenvalue weighted by molar-refractivity contribution is 9.09. The Morgan fingerprint density at radius 3 is 2.67 bits per heavy atom. The molecule has 0 aliphatic heterocycles. The van der Waals surface area contributed by atoms with Crippen LogP contribution in [0.4, 0.5) is 0 Å². The van der Waals surface area contributed by atoms with Gasteiger partial charge in [0.15, 0.2) is 0 Å². The van der Waals surface area contributed by atoms with Crippen LogP contribution in [-0.2, 0) is 6.42 Å². The molecule has 0 radical (unpaired) electrons. The summed E-state index contributed by atoms with van der Waals surface area (Å²) in [5.74, 6) is 0. The molecule has 1 N–H and O–H groups in total. The van der Waals surface area contributed by atoms with Crippen molar-refractivity contribution >= 4 is 15.9 Å². The largest absolute Gasteiger partial charge is 0.316 e. The third-order valence-corrected chi connectivity index (χ3v) is 2.01. The maximum atomic E-state index is 3.96. The summed E-state index contributed by atoms with van der Waals surface area (Å²) >= 11 is 3.36. The van der Waals surface area contributed by atoms with E-state index < -0.39 is 0 Å². The molecule has 1 aromatic heterocycles. The summed E-state index contributed by atoms with van der Waals surface area (Å²) in [6.45, 7) is 2.07. The zero-order valence-corrected chi connectivity index (χ0v) is 8.55. The first-order chi connectivity index (χ1) is 5.93. The van der Waals surface area contributed by atoms with Crippen LogP contribution in [0.15, 0.2) is 24.5 Å². The Kier molecular flexibility index (Phi) is 4.95. The summed E-state index contributed by atoms with van der Waals surface area (Å²) in [5, 5.41) is 4.33. The van der Waals surface area contributed by atoms with E-state index in [2.05, 4.69) is 38.4 Å². The van der Waals surface area contributed by atoms with E-state index in [0.29, 0.717) is 0 Å². The van der Waals surface area contributed by atoms with Crippen LogP contribution >= 0.6 is 15.9 Å². The van der Waals surface area contributed by atoms with E-state index in [9.17, 15) is 0 Å². The molecule has 0 saturated heterocycles. The van der Waals surface area contributed by atoms with E-state index in [1.807, 2.05) is 12.4 Å². The molecule has 1 aromatic rings. The van der Waals surface area contributed by atoms with E-state index in [1.54, 1.807) is 0 Å².